The molecule has 22 heavy (non-hydrogen) atoms. The molecule has 1 aromatic heterocycles. The van der Waals surface area contributed by atoms with E-state index in [-0.39, 0.29) is 6.03 Å². The number of urea groups is 1. The van der Waals surface area contributed by atoms with Crippen LogP contribution in [0.1, 0.15) is 21.6 Å². The van der Waals surface area contributed by atoms with Crippen molar-refractivity contribution < 1.29 is 9.59 Å². The lowest BCUT2D eigenvalue weighted by Gasteiger charge is -2.15. The SMILES string of the molecule is Cc1c(C=O)ccc2c1cc(C#N)n2CCN1CCNC1=O. The molecule has 6 heteroatoms. The van der Waals surface area contributed by atoms with Gasteiger partial charge in [0.1, 0.15) is 18.0 Å². The number of nitrogens with one attached hydrogen (secondary N) is 1. The molecule has 0 aliphatic carbocycles. The molecule has 2 aromatic rings. The van der Waals surface area contributed by atoms with Crippen LogP contribution >= 0.6 is 0 Å². The summed E-state index contributed by atoms with van der Waals surface area (Å²) in [7, 11) is 0. The predicted octanol–water partition coefficient (Wildman–Crippen LogP) is 1.66. The maximum absolute atomic E-state index is 11.6. The molecular weight excluding hydrogens is 280 g/mol. The molecule has 0 bridgehead atoms. The zero-order valence-corrected chi connectivity index (χ0v) is 12.3. The predicted molar refractivity (Wildman–Crippen MR) is 81.7 cm³/mol. The van der Waals surface area contributed by atoms with Gasteiger partial charge in [-0.05, 0) is 30.7 Å². The highest BCUT2D eigenvalue weighted by atomic mass is 16.2. The Morgan fingerprint density at radius 3 is 2.86 bits per heavy atom. The van der Waals surface area contributed by atoms with Crippen molar-refractivity contribution in [1.29, 1.82) is 5.26 Å². The van der Waals surface area contributed by atoms with Gasteiger partial charge in [-0.1, -0.05) is 0 Å². The molecule has 3 rings (SSSR count). The van der Waals surface area contributed by atoms with E-state index >= 15 is 0 Å². The Kier molecular flexibility index (Phi) is 3.55. The second-order valence-electron chi connectivity index (χ2n) is 5.34. The summed E-state index contributed by atoms with van der Waals surface area (Å²) in [6.45, 7) is 4.34. The van der Waals surface area contributed by atoms with Gasteiger partial charge < -0.3 is 14.8 Å². The average Bonchev–Trinajstić information content (AvgIpc) is 3.09. The van der Waals surface area contributed by atoms with Crippen LogP contribution < -0.4 is 5.32 Å². The molecule has 0 radical (unpaired) electrons. The van der Waals surface area contributed by atoms with E-state index in [1.807, 2.05) is 23.6 Å². The van der Waals surface area contributed by atoms with E-state index in [2.05, 4.69) is 11.4 Å². The largest absolute Gasteiger partial charge is 0.336 e. The van der Waals surface area contributed by atoms with Gasteiger partial charge in [0.2, 0.25) is 0 Å². The van der Waals surface area contributed by atoms with E-state index in [0.717, 1.165) is 22.8 Å². The van der Waals surface area contributed by atoms with Crippen molar-refractivity contribution in [2.75, 3.05) is 19.6 Å². The van der Waals surface area contributed by atoms with Gasteiger partial charge in [-0.25, -0.2) is 4.79 Å². The van der Waals surface area contributed by atoms with E-state index in [9.17, 15) is 14.9 Å². The topological polar surface area (TPSA) is 78.1 Å². The number of hydrogen-bond acceptors (Lipinski definition) is 3. The molecule has 2 heterocycles. The summed E-state index contributed by atoms with van der Waals surface area (Å²) in [6, 6.07) is 7.57. The fourth-order valence-electron chi connectivity index (χ4n) is 2.90. The van der Waals surface area contributed by atoms with Crippen LogP contribution in [0.25, 0.3) is 10.9 Å². The highest BCUT2D eigenvalue weighted by molar-refractivity contribution is 5.92. The summed E-state index contributed by atoms with van der Waals surface area (Å²) >= 11 is 0. The number of hydrogen-bond donors (Lipinski definition) is 1. The zero-order chi connectivity index (χ0) is 15.7. The average molecular weight is 296 g/mol. The van der Waals surface area contributed by atoms with E-state index < -0.39 is 0 Å². The highest BCUT2D eigenvalue weighted by Crippen LogP contribution is 2.25. The van der Waals surface area contributed by atoms with Gasteiger partial charge in [0.15, 0.2) is 0 Å². The summed E-state index contributed by atoms with van der Waals surface area (Å²) in [6.07, 6.45) is 0.826. The number of amides is 2. The van der Waals surface area contributed by atoms with Crippen LogP contribution in [-0.4, -0.2) is 41.4 Å². The molecular formula is C16H16N4O2. The van der Waals surface area contributed by atoms with Crippen LogP contribution in [0, 0.1) is 18.3 Å². The Morgan fingerprint density at radius 1 is 1.41 bits per heavy atom. The first-order valence-electron chi connectivity index (χ1n) is 7.16. The van der Waals surface area contributed by atoms with Crippen LogP contribution in [0.15, 0.2) is 18.2 Å². The number of aryl methyl sites for hydroxylation is 1. The molecule has 1 aliphatic heterocycles. The van der Waals surface area contributed by atoms with Crippen LogP contribution in [-0.2, 0) is 6.54 Å². The summed E-state index contributed by atoms with van der Waals surface area (Å²) in [5, 5.41) is 13.0. The second kappa shape index (κ2) is 5.53. The standard InChI is InChI=1S/C16H16N4O2/c1-11-12(10-21)2-3-15-14(11)8-13(9-17)20(15)7-6-19-5-4-18-16(19)22/h2-3,8,10H,4-7H2,1H3,(H,18,22). The van der Waals surface area contributed by atoms with Gasteiger partial charge >= 0.3 is 6.03 Å². The summed E-state index contributed by atoms with van der Waals surface area (Å²) in [5.41, 5.74) is 2.97. The highest BCUT2D eigenvalue weighted by Gasteiger charge is 2.20. The van der Waals surface area contributed by atoms with Gasteiger partial charge in [-0.3, -0.25) is 4.79 Å². The first-order valence-corrected chi connectivity index (χ1v) is 7.16. The molecule has 2 amide bonds. The molecule has 1 saturated heterocycles. The summed E-state index contributed by atoms with van der Waals surface area (Å²) < 4.78 is 1.91. The minimum atomic E-state index is -0.0607. The van der Waals surface area contributed by atoms with Gasteiger partial charge in [-0.2, -0.15) is 5.26 Å². The van der Waals surface area contributed by atoms with Crippen molar-refractivity contribution in [3.05, 3.63) is 35.0 Å². The summed E-state index contributed by atoms with van der Waals surface area (Å²) in [4.78, 5) is 24.4. The Labute approximate surface area is 127 Å². The fraction of sp³-hybridized carbons (Fsp3) is 0.312. The number of fused-ring (bicyclic) bond motifs is 1. The number of rotatable bonds is 4. The first kappa shape index (κ1) is 14.1. The quantitative estimate of drug-likeness (QED) is 0.872. The molecule has 0 spiro atoms. The third-order valence-corrected chi connectivity index (χ3v) is 4.18. The van der Waals surface area contributed by atoms with Gasteiger partial charge in [0.25, 0.3) is 0 Å². The number of nitriles is 1. The van der Waals surface area contributed by atoms with Gasteiger partial charge in [-0.15, -0.1) is 0 Å². The molecule has 1 aliphatic rings. The fourth-order valence-corrected chi connectivity index (χ4v) is 2.90. The molecule has 1 aromatic carbocycles. The van der Waals surface area contributed by atoms with Crippen LogP contribution in [0.5, 0.6) is 0 Å². The van der Waals surface area contributed by atoms with Crippen LogP contribution in [0.3, 0.4) is 0 Å². The van der Waals surface area contributed by atoms with Gasteiger partial charge in [0.05, 0.1) is 0 Å². The van der Waals surface area contributed by atoms with Crippen molar-refractivity contribution in [3.63, 3.8) is 0 Å². The lowest BCUT2D eigenvalue weighted by Crippen LogP contribution is -2.31. The maximum Gasteiger partial charge on any atom is 0.317 e. The molecule has 112 valence electrons. The first-order chi connectivity index (χ1) is 10.7. The maximum atomic E-state index is 11.6. The molecule has 0 saturated carbocycles. The van der Waals surface area contributed by atoms with Gasteiger partial charge in [0, 0.05) is 42.6 Å². The number of aldehydes is 1. The van der Waals surface area contributed by atoms with Crippen molar-refractivity contribution in [1.82, 2.24) is 14.8 Å². The molecule has 0 atom stereocenters. The van der Waals surface area contributed by atoms with E-state index in [0.29, 0.717) is 37.4 Å². The minimum Gasteiger partial charge on any atom is -0.336 e. The number of carbonyl (C=O) groups is 2. The lowest BCUT2D eigenvalue weighted by molar-refractivity contribution is 0.112. The van der Waals surface area contributed by atoms with Crippen molar-refractivity contribution in [3.8, 4) is 6.07 Å². The third kappa shape index (κ3) is 2.21. The van der Waals surface area contributed by atoms with Crippen LogP contribution in [0.4, 0.5) is 4.79 Å². The molecule has 1 N–H and O–H groups in total. The lowest BCUT2D eigenvalue weighted by atomic mass is 10.1. The van der Waals surface area contributed by atoms with Crippen molar-refractivity contribution in [2.45, 2.75) is 13.5 Å². The summed E-state index contributed by atoms with van der Waals surface area (Å²) in [5.74, 6) is 0. The number of carbonyl (C=O) groups excluding carboxylic acids is 2. The number of aromatic nitrogens is 1. The molecule has 1 fully saturated rings. The second-order valence-corrected chi connectivity index (χ2v) is 5.34. The Morgan fingerprint density at radius 2 is 2.23 bits per heavy atom. The normalized spacial score (nSPS) is 14.2. The Bertz CT molecular complexity index is 801. The van der Waals surface area contributed by atoms with E-state index in [1.165, 1.54) is 0 Å². The van der Waals surface area contributed by atoms with E-state index in [4.69, 9.17) is 0 Å². The third-order valence-electron chi connectivity index (χ3n) is 4.18. The number of benzene rings is 1. The number of nitrogens with zero attached hydrogens (tertiary/aromatic N) is 3. The smallest absolute Gasteiger partial charge is 0.317 e. The Hall–Kier alpha value is -2.81. The molecule has 6 nitrogen and oxygen atoms in total. The van der Waals surface area contributed by atoms with E-state index in [1.54, 1.807) is 11.0 Å². The zero-order valence-electron chi connectivity index (χ0n) is 12.3. The van der Waals surface area contributed by atoms with Crippen molar-refractivity contribution >= 4 is 23.2 Å². The monoisotopic (exact) mass is 296 g/mol. The van der Waals surface area contributed by atoms with Crippen LogP contribution in [0.2, 0.25) is 0 Å². The minimum absolute atomic E-state index is 0.0607. The van der Waals surface area contributed by atoms with Crippen molar-refractivity contribution in [2.24, 2.45) is 0 Å². The Balaban J connectivity index is 1.97. The molecule has 0 unspecified atom stereocenters.